The molecule has 0 fully saturated rings. The summed E-state index contributed by atoms with van der Waals surface area (Å²) >= 11 is 7.30. The summed E-state index contributed by atoms with van der Waals surface area (Å²) in [6.07, 6.45) is 8.86. The van der Waals surface area contributed by atoms with E-state index in [1.807, 2.05) is 18.2 Å². The van der Waals surface area contributed by atoms with Gasteiger partial charge in [0.05, 0.1) is 8.95 Å². The highest BCUT2D eigenvalue weighted by atomic mass is 79.9. The zero-order chi connectivity index (χ0) is 18.2. The van der Waals surface area contributed by atoms with E-state index in [1.54, 1.807) is 5.57 Å². The number of rotatable bonds is 8. The van der Waals surface area contributed by atoms with Crippen molar-refractivity contribution < 1.29 is 4.74 Å². The molecule has 0 amide bonds. The van der Waals surface area contributed by atoms with E-state index in [0.717, 1.165) is 33.3 Å². The smallest absolute Gasteiger partial charge is 0.148 e. The summed E-state index contributed by atoms with van der Waals surface area (Å²) < 4.78 is 7.95. The van der Waals surface area contributed by atoms with E-state index in [4.69, 9.17) is 4.74 Å². The monoisotopic (exact) mass is 513 g/mol. The second-order valence-electron chi connectivity index (χ2n) is 6.70. The summed E-state index contributed by atoms with van der Waals surface area (Å²) in [7, 11) is 0. The largest absolute Gasteiger partial charge is 0.487 e. The molecule has 0 saturated heterocycles. The molecule has 2 nitrogen and oxygen atoms in total. The zero-order valence-electron chi connectivity index (χ0n) is 15.3. The summed E-state index contributed by atoms with van der Waals surface area (Å²) in [6, 6.07) is 14.5. The Morgan fingerprint density at radius 2 is 1.70 bits per heavy atom. The molecule has 146 valence electrons. The molecule has 1 aliphatic rings. The molecular weight excluding hydrogens is 490 g/mol. The molecule has 2 aromatic rings. The minimum Gasteiger partial charge on any atom is -0.487 e. The van der Waals surface area contributed by atoms with Crippen LogP contribution in [0.15, 0.2) is 63.1 Å². The molecule has 0 bridgehead atoms. The number of ether oxygens (including phenoxy) is 1. The second-order valence-corrected chi connectivity index (χ2v) is 8.41. The predicted molar refractivity (Wildman–Crippen MR) is 123 cm³/mol. The molecule has 0 radical (unpaired) electrons. The molecule has 0 saturated carbocycles. The van der Waals surface area contributed by atoms with E-state index >= 15 is 0 Å². The first-order valence-corrected chi connectivity index (χ1v) is 10.8. The van der Waals surface area contributed by atoms with E-state index in [1.165, 1.54) is 37.7 Å². The lowest BCUT2D eigenvalue weighted by Crippen LogP contribution is -2.15. The fourth-order valence-electron chi connectivity index (χ4n) is 3.20. The normalized spacial score (nSPS) is 13.6. The number of hydrogen-bond acceptors (Lipinski definition) is 2. The van der Waals surface area contributed by atoms with Gasteiger partial charge in [0, 0.05) is 6.54 Å². The molecule has 1 N–H and O–H groups in total. The first-order chi connectivity index (χ1) is 12.7. The molecule has 27 heavy (non-hydrogen) atoms. The van der Waals surface area contributed by atoms with E-state index in [-0.39, 0.29) is 12.4 Å². The highest BCUT2D eigenvalue weighted by molar-refractivity contribution is 9.11. The maximum absolute atomic E-state index is 5.99. The first-order valence-electron chi connectivity index (χ1n) is 9.25. The van der Waals surface area contributed by atoms with Gasteiger partial charge in [0.1, 0.15) is 12.4 Å². The van der Waals surface area contributed by atoms with Crippen LogP contribution in [0.4, 0.5) is 0 Å². The lowest BCUT2D eigenvalue weighted by Gasteiger charge is -2.14. The third-order valence-electron chi connectivity index (χ3n) is 4.62. The van der Waals surface area contributed by atoms with Crippen LogP contribution in [0.1, 0.15) is 43.2 Å². The lowest BCUT2D eigenvalue weighted by molar-refractivity contribution is 0.302. The molecule has 0 unspecified atom stereocenters. The van der Waals surface area contributed by atoms with Gasteiger partial charge in [0.2, 0.25) is 0 Å². The van der Waals surface area contributed by atoms with Crippen LogP contribution in [0.25, 0.3) is 0 Å². The van der Waals surface area contributed by atoms with Crippen LogP contribution in [0.2, 0.25) is 0 Å². The van der Waals surface area contributed by atoms with Crippen LogP contribution in [0.3, 0.4) is 0 Å². The van der Waals surface area contributed by atoms with Gasteiger partial charge >= 0.3 is 0 Å². The summed E-state index contributed by atoms with van der Waals surface area (Å²) in [5.74, 6) is 0.852. The molecular formula is C22H26Br2ClNO. The van der Waals surface area contributed by atoms with Gasteiger partial charge in [-0.1, -0.05) is 42.0 Å². The van der Waals surface area contributed by atoms with Gasteiger partial charge in [-0.05, 0) is 93.8 Å². The third-order valence-corrected chi connectivity index (χ3v) is 5.80. The number of benzene rings is 2. The Morgan fingerprint density at radius 3 is 2.37 bits per heavy atom. The van der Waals surface area contributed by atoms with E-state index in [0.29, 0.717) is 6.61 Å². The summed E-state index contributed by atoms with van der Waals surface area (Å²) in [6.45, 7) is 2.46. The highest BCUT2D eigenvalue weighted by Crippen LogP contribution is 2.35. The third kappa shape index (κ3) is 7.26. The highest BCUT2D eigenvalue weighted by Gasteiger charge is 2.10. The minimum absolute atomic E-state index is 0. The Balaban J connectivity index is 0.00000261. The van der Waals surface area contributed by atoms with Crippen molar-refractivity contribution in [3.05, 3.63) is 74.2 Å². The average molecular weight is 516 g/mol. The molecule has 3 rings (SSSR count). The van der Waals surface area contributed by atoms with Crippen molar-refractivity contribution in [3.63, 3.8) is 0 Å². The summed E-state index contributed by atoms with van der Waals surface area (Å²) in [5, 5.41) is 3.56. The molecule has 0 heterocycles. The number of hydrogen-bond donors (Lipinski definition) is 1. The quantitative estimate of drug-likeness (QED) is 0.297. The Bertz CT molecular complexity index is 726. The fourth-order valence-corrected chi connectivity index (χ4v) is 4.71. The van der Waals surface area contributed by atoms with E-state index in [9.17, 15) is 0 Å². The van der Waals surface area contributed by atoms with Crippen LogP contribution in [0.5, 0.6) is 5.75 Å². The van der Waals surface area contributed by atoms with E-state index in [2.05, 4.69) is 67.5 Å². The van der Waals surface area contributed by atoms with Crippen molar-refractivity contribution in [3.8, 4) is 5.75 Å². The molecule has 0 atom stereocenters. The predicted octanol–water partition coefficient (Wildman–Crippen LogP) is 7.19. The van der Waals surface area contributed by atoms with Crippen molar-refractivity contribution in [2.75, 3.05) is 6.54 Å². The maximum atomic E-state index is 5.99. The van der Waals surface area contributed by atoms with Crippen LogP contribution in [-0.4, -0.2) is 6.54 Å². The number of allylic oxidation sites excluding steroid dienone is 1. The Morgan fingerprint density at radius 1 is 0.963 bits per heavy atom. The van der Waals surface area contributed by atoms with Crippen molar-refractivity contribution in [1.82, 2.24) is 5.32 Å². The Hall–Kier alpha value is -0.810. The van der Waals surface area contributed by atoms with Gasteiger partial charge in [-0.3, -0.25) is 0 Å². The van der Waals surface area contributed by atoms with E-state index < -0.39 is 0 Å². The molecule has 1 aliphatic carbocycles. The molecule has 0 aromatic heterocycles. The SMILES string of the molecule is Brc1cc(CNCCC2=CCCCC2)cc(Br)c1OCc1ccccc1.Cl. The van der Waals surface area contributed by atoms with Gasteiger partial charge in [0.25, 0.3) is 0 Å². The second kappa shape index (κ2) is 11.9. The standard InChI is InChI=1S/C22H25Br2NO.ClH/c23-20-13-19(15-25-12-11-17-7-3-1-4-8-17)14-21(24)22(20)26-16-18-9-5-2-6-10-18;/h2,5-7,9-10,13-14,25H,1,3-4,8,11-12,15-16H2;1H. The molecule has 0 aliphatic heterocycles. The molecule has 5 heteroatoms. The number of halogens is 3. The molecule has 0 spiro atoms. The van der Waals surface area contributed by atoms with Crippen LogP contribution < -0.4 is 10.1 Å². The molecule has 2 aromatic carbocycles. The Labute approximate surface area is 185 Å². The van der Waals surface area contributed by atoms with Gasteiger partial charge < -0.3 is 10.1 Å². The van der Waals surface area contributed by atoms with Gasteiger partial charge in [-0.2, -0.15) is 0 Å². The van der Waals surface area contributed by atoms with Crippen LogP contribution >= 0.6 is 44.3 Å². The Kier molecular flexibility index (Phi) is 9.91. The van der Waals surface area contributed by atoms with Crippen molar-refractivity contribution in [1.29, 1.82) is 0 Å². The zero-order valence-corrected chi connectivity index (χ0v) is 19.3. The number of nitrogens with one attached hydrogen (secondary N) is 1. The van der Waals surface area contributed by atoms with Gasteiger partial charge in [-0.25, -0.2) is 0 Å². The van der Waals surface area contributed by atoms with Crippen molar-refractivity contribution in [2.45, 2.75) is 45.3 Å². The van der Waals surface area contributed by atoms with Crippen LogP contribution in [0, 0.1) is 0 Å². The first kappa shape index (κ1) is 22.5. The van der Waals surface area contributed by atoms with Crippen molar-refractivity contribution in [2.24, 2.45) is 0 Å². The van der Waals surface area contributed by atoms with Crippen molar-refractivity contribution >= 4 is 44.3 Å². The minimum atomic E-state index is 0. The van der Waals surface area contributed by atoms with Crippen LogP contribution in [-0.2, 0) is 13.2 Å². The van der Waals surface area contributed by atoms with Gasteiger partial charge in [-0.15, -0.1) is 12.4 Å². The van der Waals surface area contributed by atoms with Gasteiger partial charge in [0.15, 0.2) is 0 Å². The summed E-state index contributed by atoms with van der Waals surface area (Å²) in [5.41, 5.74) is 4.03. The topological polar surface area (TPSA) is 21.3 Å². The fraction of sp³-hybridized carbons (Fsp3) is 0.364. The average Bonchev–Trinajstić information content (AvgIpc) is 2.66. The summed E-state index contributed by atoms with van der Waals surface area (Å²) in [4.78, 5) is 0. The maximum Gasteiger partial charge on any atom is 0.148 e. The lowest BCUT2D eigenvalue weighted by atomic mass is 9.97.